The number of amides is 2. The second kappa shape index (κ2) is 9.10. The molecule has 1 N–H and O–H groups in total. The van der Waals surface area contributed by atoms with Crippen LogP contribution in [0.4, 0.5) is 10.1 Å². The predicted octanol–water partition coefficient (Wildman–Crippen LogP) is 4.94. The molecule has 2 amide bonds. The van der Waals surface area contributed by atoms with Gasteiger partial charge in [-0.2, -0.15) is 0 Å². The lowest BCUT2D eigenvalue weighted by molar-refractivity contribution is -0.124. The van der Waals surface area contributed by atoms with Crippen molar-refractivity contribution in [2.24, 2.45) is 5.92 Å². The predicted molar refractivity (Wildman–Crippen MR) is 118 cm³/mol. The number of para-hydroxylation sites is 2. The Balaban J connectivity index is 1.58. The van der Waals surface area contributed by atoms with Crippen LogP contribution in [0.1, 0.15) is 38.2 Å². The zero-order valence-corrected chi connectivity index (χ0v) is 18.0. The molecule has 5 nitrogen and oxygen atoms in total. The minimum absolute atomic E-state index is 0.0626. The molecular formula is C24H24ClFN2O3. The first kappa shape index (κ1) is 21.4. The first-order valence-corrected chi connectivity index (χ1v) is 10.8. The molecular weight excluding hydrogens is 419 g/mol. The molecule has 162 valence electrons. The number of nitrogens with one attached hydrogen (secondary N) is 1. The van der Waals surface area contributed by atoms with Crippen molar-refractivity contribution in [2.75, 3.05) is 11.4 Å². The molecule has 2 aromatic rings. The second-order valence-corrected chi connectivity index (χ2v) is 8.54. The molecule has 0 radical (unpaired) electrons. The highest BCUT2D eigenvalue weighted by atomic mass is 35.5. The van der Waals surface area contributed by atoms with Gasteiger partial charge in [0.2, 0.25) is 5.91 Å². The topological polar surface area (TPSA) is 58.6 Å². The summed E-state index contributed by atoms with van der Waals surface area (Å²) in [5, 5.41) is 3.21. The number of nitrogens with zero attached hydrogens (tertiary/aromatic N) is 1. The first-order chi connectivity index (χ1) is 14.9. The average Bonchev–Trinajstić information content (AvgIpc) is 2.75. The van der Waals surface area contributed by atoms with Crippen LogP contribution < -0.4 is 15.0 Å². The molecule has 0 unspecified atom stereocenters. The number of ether oxygens (including phenoxy) is 1. The zero-order chi connectivity index (χ0) is 22.0. The molecule has 7 heteroatoms. The van der Waals surface area contributed by atoms with E-state index in [1.165, 1.54) is 29.2 Å². The molecule has 1 saturated carbocycles. The maximum atomic E-state index is 14.3. The minimum Gasteiger partial charge on any atom is -0.449 e. The van der Waals surface area contributed by atoms with E-state index in [1.54, 1.807) is 24.3 Å². The summed E-state index contributed by atoms with van der Waals surface area (Å²) in [7, 11) is 0. The molecule has 2 aromatic carbocycles. The highest BCUT2D eigenvalue weighted by Crippen LogP contribution is 2.36. The lowest BCUT2D eigenvalue weighted by Crippen LogP contribution is -2.47. The van der Waals surface area contributed by atoms with Crippen LogP contribution in [0.15, 0.2) is 48.2 Å². The SMILES string of the molecule is CC1CCC(NC(=O)CN2C(=O)C(=Cc3c(F)cccc3Cl)Oc3ccccc32)CC1. The lowest BCUT2D eigenvalue weighted by atomic mass is 9.87. The third-order valence-corrected chi connectivity index (χ3v) is 6.12. The van der Waals surface area contributed by atoms with Crippen LogP contribution in [0.3, 0.4) is 0 Å². The van der Waals surface area contributed by atoms with Gasteiger partial charge in [-0.3, -0.25) is 14.5 Å². The summed E-state index contributed by atoms with van der Waals surface area (Å²) in [4.78, 5) is 27.3. The Morgan fingerprint density at radius 3 is 2.68 bits per heavy atom. The monoisotopic (exact) mass is 442 g/mol. The van der Waals surface area contributed by atoms with Crippen molar-refractivity contribution in [2.45, 2.75) is 38.6 Å². The Kier molecular flexibility index (Phi) is 6.28. The molecule has 0 atom stereocenters. The van der Waals surface area contributed by atoms with Crippen LogP contribution >= 0.6 is 11.6 Å². The smallest absolute Gasteiger partial charge is 0.294 e. The standard InChI is InChI=1S/C24H24ClFN2O3/c1-15-9-11-16(12-10-15)27-23(29)14-28-20-7-2-3-8-21(20)31-22(24(28)30)13-17-18(25)5-4-6-19(17)26/h2-8,13,15-16H,9-12,14H2,1H3,(H,27,29). The van der Waals surface area contributed by atoms with E-state index in [-0.39, 0.29) is 34.8 Å². The van der Waals surface area contributed by atoms with Crippen molar-refractivity contribution in [3.05, 3.63) is 64.6 Å². The van der Waals surface area contributed by atoms with Crippen molar-refractivity contribution < 1.29 is 18.7 Å². The van der Waals surface area contributed by atoms with Gasteiger partial charge in [-0.25, -0.2) is 4.39 Å². The van der Waals surface area contributed by atoms with Gasteiger partial charge in [-0.15, -0.1) is 0 Å². The summed E-state index contributed by atoms with van der Waals surface area (Å²) >= 11 is 6.11. The number of hydrogen-bond donors (Lipinski definition) is 1. The van der Waals surface area contributed by atoms with Crippen molar-refractivity contribution in [1.82, 2.24) is 5.32 Å². The highest BCUT2D eigenvalue weighted by molar-refractivity contribution is 6.32. The molecule has 1 aliphatic carbocycles. The van der Waals surface area contributed by atoms with Crippen molar-refractivity contribution >= 4 is 35.2 Å². The van der Waals surface area contributed by atoms with Gasteiger partial charge in [0.25, 0.3) is 5.91 Å². The molecule has 31 heavy (non-hydrogen) atoms. The number of halogens is 2. The molecule has 1 fully saturated rings. The summed E-state index contributed by atoms with van der Waals surface area (Å²) in [5.41, 5.74) is 0.560. The van der Waals surface area contributed by atoms with Crippen molar-refractivity contribution in [3.63, 3.8) is 0 Å². The number of carbonyl (C=O) groups excluding carboxylic acids is 2. The van der Waals surface area contributed by atoms with Gasteiger partial charge in [-0.1, -0.05) is 36.7 Å². The van der Waals surface area contributed by atoms with Crippen LogP contribution in [0.25, 0.3) is 6.08 Å². The number of fused-ring (bicyclic) bond motifs is 1. The van der Waals surface area contributed by atoms with Crippen LogP contribution in [-0.2, 0) is 9.59 Å². The number of hydrogen-bond acceptors (Lipinski definition) is 3. The third kappa shape index (κ3) is 4.74. The lowest BCUT2D eigenvalue weighted by Gasteiger charge is -2.31. The van der Waals surface area contributed by atoms with Crippen LogP contribution in [0.2, 0.25) is 5.02 Å². The van der Waals surface area contributed by atoms with Gasteiger partial charge in [-0.05, 0) is 61.9 Å². The van der Waals surface area contributed by atoms with Gasteiger partial charge >= 0.3 is 0 Å². The van der Waals surface area contributed by atoms with E-state index in [1.807, 2.05) is 0 Å². The molecule has 0 aromatic heterocycles. The Morgan fingerprint density at radius 2 is 1.94 bits per heavy atom. The maximum absolute atomic E-state index is 14.3. The summed E-state index contributed by atoms with van der Waals surface area (Å²) in [6.45, 7) is 2.07. The summed E-state index contributed by atoms with van der Waals surface area (Å²) in [6, 6.07) is 11.4. The van der Waals surface area contributed by atoms with E-state index >= 15 is 0 Å². The summed E-state index contributed by atoms with van der Waals surface area (Å²) < 4.78 is 20.0. The van der Waals surface area contributed by atoms with Crippen LogP contribution in [0, 0.1) is 11.7 Å². The van der Waals surface area contributed by atoms with E-state index < -0.39 is 11.7 Å². The molecule has 1 aliphatic heterocycles. The molecule has 2 aliphatic rings. The first-order valence-electron chi connectivity index (χ1n) is 10.5. The molecule has 1 heterocycles. The molecule has 0 spiro atoms. The number of anilines is 1. The fraction of sp³-hybridized carbons (Fsp3) is 0.333. The third-order valence-electron chi connectivity index (χ3n) is 5.79. The largest absolute Gasteiger partial charge is 0.449 e. The van der Waals surface area contributed by atoms with Gasteiger partial charge in [0.15, 0.2) is 11.5 Å². The van der Waals surface area contributed by atoms with E-state index in [0.29, 0.717) is 17.4 Å². The normalized spacial score (nSPS) is 22.1. The van der Waals surface area contributed by atoms with Crippen molar-refractivity contribution in [3.8, 4) is 5.75 Å². The fourth-order valence-electron chi connectivity index (χ4n) is 4.02. The van der Waals surface area contributed by atoms with E-state index in [2.05, 4.69) is 12.2 Å². The van der Waals surface area contributed by atoms with Crippen LogP contribution in [0.5, 0.6) is 5.75 Å². The fourth-order valence-corrected chi connectivity index (χ4v) is 4.24. The number of benzene rings is 2. The van der Waals surface area contributed by atoms with E-state index in [4.69, 9.17) is 16.3 Å². The Labute approximate surface area is 185 Å². The Morgan fingerprint density at radius 1 is 1.19 bits per heavy atom. The molecule has 0 saturated heterocycles. The van der Waals surface area contributed by atoms with Gasteiger partial charge < -0.3 is 10.1 Å². The van der Waals surface area contributed by atoms with Gasteiger partial charge in [0.05, 0.1) is 10.7 Å². The van der Waals surface area contributed by atoms with Gasteiger partial charge in [0, 0.05) is 11.6 Å². The quantitative estimate of drug-likeness (QED) is 0.682. The Hall–Kier alpha value is -2.86. The summed E-state index contributed by atoms with van der Waals surface area (Å²) in [5.74, 6) is -0.312. The number of rotatable bonds is 4. The Bertz CT molecular complexity index is 1010. The minimum atomic E-state index is -0.564. The van der Waals surface area contributed by atoms with Gasteiger partial charge in [0.1, 0.15) is 12.4 Å². The highest BCUT2D eigenvalue weighted by Gasteiger charge is 2.32. The molecule has 4 rings (SSSR count). The maximum Gasteiger partial charge on any atom is 0.294 e. The second-order valence-electron chi connectivity index (χ2n) is 8.13. The van der Waals surface area contributed by atoms with E-state index in [9.17, 15) is 14.0 Å². The van der Waals surface area contributed by atoms with Crippen molar-refractivity contribution in [1.29, 1.82) is 0 Å². The average molecular weight is 443 g/mol. The number of carbonyl (C=O) groups is 2. The molecule has 0 bridgehead atoms. The summed E-state index contributed by atoms with van der Waals surface area (Å²) in [6.07, 6.45) is 5.33. The zero-order valence-electron chi connectivity index (χ0n) is 17.2. The van der Waals surface area contributed by atoms with E-state index in [0.717, 1.165) is 25.7 Å². The van der Waals surface area contributed by atoms with Crippen LogP contribution in [-0.4, -0.2) is 24.4 Å².